The van der Waals surface area contributed by atoms with Crippen molar-refractivity contribution < 1.29 is 163 Å². The van der Waals surface area contributed by atoms with E-state index < -0.39 is 29.3 Å². The Morgan fingerprint density at radius 3 is 0.227 bits per heavy atom. The zero-order valence-corrected chi connectivity index (χ0v) is 16.0. The van der Waals surface area contributed by atoms with Gasteiger partial charge in [0.05, 0.1) is 0 Å². The van der Waals surface area contributed by atoms with E-state index in [-0.39, 0.29) is 102 Å². The molecule has 0 heterocycles. The zero-order valence-electron chi connectivity index (χ0n) is 9.33. The van der Waals surface area contributed by atoms with Crippen molar-refractivity contribution in [3.8, 4) is 0 Å². The Balaban J connectivity index is -0.00000001000. The van der Waals surface area contributed by atoms with Crippen LogP contribution in [0.3, 0.4) is 0 Å². The van der Waals surface area contributed by atoms with Crippen LogP contribution < -0.4 is 60.3 Å². The Morgan fingerprint density at radius 2 is 0.227 bits per heavy atom. The van der Waals surface area contributed by atoms with Gasteiger partial charge in [0.15, 0.2) is 0 Å². The first kappa shape index (κ1) is 64.1. The Morgan fingerprint density at radius 1 is 0.227 bits per heavy atom. The average molecular weight is 570 g/mol. The van der Waals surface area contributed by atoms with E-state index in [1.807, 2.05) is 0 Å². The molecule has 22 heavy (non-hydrogen) atoms. The van der Waals surface area contributed by atoms with Gasteiger partial charge in [0.2, 0.25) is 0 Å². The maximum Gasteiger partial charge on any atom is 2.00 e. The van der Waals surface area contributed by atoms with Gasteiger partial charge in [0.25, 0.3) is 0 Å². The Kier molecular flexibility index (Phi) is 164. The molecule has 0 unspecified atom stereocenters. The van der Waals surface area contributed by atoms with E-state index >= 15 is 0 Å². The quantitative estimate of drug-likeness (QED) is 0.245. The normalized spacial score (nSPS) is 4.91. The second kappa shape index (κ2) is 56.5. The number of hydrogen-bond donors (Lipinski definition) is 0. The van der Waals surface area contributed by atoms with Gasteiger partial charge in [-0.2, -0.15) is 0 Å². The van der Waals surface area contributed by atoms with Crippen molar-refractivity contribution in [1.82, 2.24) is 0 Å². The first-order valence-electron chi connectivity index (χ1n) is 2.83. The number of hydrogen-bond acceptors (Lipinski definition) is 12. The molecule has 132 valence electrons. The van der Waals surface area contributed by atoms with Crippen molar-refractivity contribution in [2.45, 2.75) is 0 Å². The van der Waals surface area contributed by atoms with Crippen molar-refractivity contribution in [2.24, 2.45) is 0 Å². The summed E-state index contributed by atoms with van der Waals surface area (Å²) in [6.07, 6.45) is 0. The SMILES string of the molecule is [Fe+2].[Fe+2].[Fe+2].[Fe+2].[Fe+2].[Fe+2].[O-]B([O-])[O-].[O-]B([O-])[O-].[O-]B([O-])[O-].[O-]B([O-])[O-]. The van der Waals surface area contributed by atoms with Crippen molar-refractivity contribution >= 4 is 29.3 Å². The molecule has 0 saturated carbocycles. The van der Waals surface area contributed by atoms with Crippen molar-refractivity contribution in [3.05, 3.63) is 0 Å². The fourth-order valence-electron chi connectivity index (χ4n) is 0. The fourth-order valence-corrected chi connectivity index (χ4v) is 0. The minimum atomic E-state index is -2.92. The van der Waals surface area contributed by atoms with E-state index in [4.69, 9.17) is 60.3 Å². The molecular formula is B4Fe6O12. The molecule has 0 rings (SSSR count). The first-order chi connectivity index (χ1) is 6.93. The molecule has 0 aliphatic carbocycles. The van der Waals surface area contributed by atoms with E-state index in [9.17, 15) is 0 Å². The van der Waals surface area contributed by atoms with Crippen LogP contribution in [-0.2, 0) is 102 Å². The van der Waals surface area contributed by atoms with E-state index in [2.05, 4.69) is 0 Å². The van der Waals surface area contributed by atoms with Crippen LogP contribution >= 0.6 is 0 Å². The summed E-state index contributed by atoms with van der Waals surface area (Å²) in [5.41, 5.74) is 0. The van der Waals surface area contributed by atoms with Crippen LogP contribution in [-0.4, -0.2) is 29.3 Å². The van der Waals surface area contributed by atoms with Crippen molar-refractivity contribution in [1.29, 1.82) is 0 Å². The smallest absolute Gasteiger partial charge is 0.907 e. The van der Waals surface area contributed by atoms with Gasteiger partial charge in [-0.1, -0.05) is 0 Å². The maximum atomic E-state index is 8.42. The largest absolute Gasteiger partial charge is 2.00 e. The van der Waals surface area contributed by atoms with Gasteiger partial charge in [0, 0.05) is 0 Å². The van der Waals surface area contributed by atoms with Gasteiger partial charge in [-0.05, 0) is 0 Å². The zero-order chi connectivity index (χ0) is 14.3. The van der Waals surface area contributed by atoms with Gasteiger partial charge in [-0.15, -0.1) is 0 Å². The summed E-state index contributed by atoms with van der Waals surface area (Å²) in [4.78, 5) is 0. The molecule has 0 aromatic carbocycles. The van der Waals surface area contributed by atoms with E-state index in [1.54, 1.807) is 0 Å². The van der Waals surface area contributed by atoms with Gasteiger partial charge in [-0.3, -0.25) is 29.3 Å². The summed E-state index contributed by atoms with van der Waals surface area (Å²) >= 11 is 0. The second-order valence-electron chi connectivity index (χ2n) is 1.15. The molecule has 0 aliphatic heterocycles. The van der Waals surface area contributed by atoms with E-state index in [1.165, 1.54) is 0 Å². The molecule has 0 radical (unpaired) electrons. The summed E-state index contributed by atoms with van der Waals surface area (Å²) in [6.45, 7) is 0. The number of rotatable bonds is 0. The predicted octanol–water partition coefficient (Wildman–Crippen LogP) is -15.8. The molecule has 0 aromatic rings. The molecule has 0 aromatic heterocycles. The van der Waals surface area contributed by atoms with Crippen LogP contribution in [0, 0.1) is 0 Å². The van der Waals surface area contributed by atoms with Gasteiger partial charge in [-0.25, -0.2) is 0 Å². The maximum absolute atomic E-state index is 8.42. The summed E-state index contributed by atoms with van der Waals surface area (Å²) in [7, 11) is -11.7. The third-order valence-corrected chi connectivity index (χ3v) is 0. The van der Waals surface area contributed by atoms with Gasteiger partial charge >= 0.3 is 102 Å². The second-order valence-corrected chi connectivity index (χ2v) is 1.15. The molecule has 12 nitrogen and oxygen atoms in total. The summed E-state index contributed by atoms with van der Waals surface area (Å²) in [6, 6.07) is 0. The monoisotopic (exact) mass is 572 g/mol. The predicted molar refractivity (Wildman–Crippen MR) is 23.0 cm³/mol. The summed E-state index contributed by atoms with van der Waals surface area (Å²) < 4.78 is 0. The van der Waals surface area contributed by atoms with Crippen LogP contribution in [0.4, 0.5) is 0 Å². The molecular weight excluding hydrogens is 570 g/mol. The molecule has 0 amide bonds. The Bertz CT molecular complexity index is 74.6. The van der Waals surface area contributed by atoms with Crippen LogP contribution in [0.15, 0.2) is 0 Å². The van der Waals surface area contributed by atoms with E-state index in [0.29, 0.717) is 0 Å². The summed E-state index contributed by atoms with van der Waals surface area (Å²) in [5.74, 6) is 0. The molecule has 0 aliphatic rings. The van der Waals surface area contributed by atoms with Crippen LogP contribution in [0.5, 0.6) is 0 Å². The van der Waals surface area contributed by atoms with Crippen molar-refractivity contribution in [2.75, 3.05) is 0 Å². The molecule has 22 heteroatoms. The van der Waals surface area contributed by atoms with Crippen LogP contribution in [0.1, 0.15) is 0 Å². The molecule has 0 fully saturated rings. The minimum Gasteiger partial charge on any atom is -0.907 e. The molecule has 0 N–H and O–H groups in total. The third kappa shape index (κ3) is 1310. The van der Waals surface area contributed by atoms with Gasteiger partial charge < -0.3 is 60.3 Å². The summed E-state index contributed by atoms with van der Waals surface area (Å²) in [5, 5.41) is 101. The topological polar surface area (TPSA) is 277 Å². The minimum absolute atomic E-state index is 0. The van der Waals surface area contributed by atoms with Crippen LogP contribution in [0.25, 0.3) is 0 Å². The standard InChI is InChI=1S/4BO3.6Fe/c4*2-1(3)4;;;;;;/q4*-3;6*+2. The Labute approximate surface area is 190 Å². The molecule has 0 bridgehead atoms. The van der Waals surface area contributed by atoms with Crippen molar-refractivity contribution in [3.63, 3.8) is 0 Å². The molecule has 0 atom stereocenters. The Hall–Kier alpha value is 2.90. The molecule has 0 spiro atoms. The van der Waals surface area contributed by atoms with E-state index in [0.717, 1.165) is 0 Å². The van der Waals surface area contributed by atoms with Crippen LogP contribution in [0.2, 0.25) is 0 Å². The molecule has 0 saturated heterocycles. The first-order valence-corrected chi connectivity index (χ1v) is 2.83. The average Bonchev–Trinajstić information content (AvgIpc) is 1.76. The van der Waals surface area contributed by atoms with Gasteiger partial charge in [0.1, 0.15) is 0 Å². The third-order valence-electron chi connectivity index (χ3n) is 0. The fraction of sp³-hybridized carbons (Fsp3) is 0.